The summed E-state index contributed by atoms with van der Waals surface area (Å²) >= 11 is 7.74. The molecule has 1 saturated heterocycles. The van der Waals surface area contributed by atoms with Gasteiger partial charge in [0.05, 0.1) is 5.69 Å². The Kier molecular flexibility index (Phi) is 5.87. The molecule has 1 N–H and O–H groups in total. The fraction of sp³-hybridized carbons (Fsp3) is 0.348. The van der Waals surface area contributed by atoms with Crippen LogP contribution < -0.4 is 10.2 Å². The van der Waals surface area contributed by atoms with Gasteiger partial charge in [0, 0.05) is 24.2 Å². The SMILES string of the molecule is O=C(NC1CC1)C(Sc1nnc(N2CCCC2)n1-c1cccc(Cl)c1)c1ccccc1. The molecule has 1 aliphatic heterocycles. The van der Waals surface area contributed by atoms with E-state index in [1.165, 1.54) is 11.8 Å². The van der Waals surface area contributed by atoms with Crippen LogP contribution in [0.25, 0.3) is 5.69 Å². The van der Waals surface area contributed by atoms with Gasteiger partial charge in [0.2, 0.25) is 11.9 Å². The highest BCUT2D eigenvalue weighted by Crippen LogP contribution is 2.38. The van der Waals surface area contributed by atoms with E-state index in [4.69, 9.17) is 11.6 Å². The molecule has 6 nitrogen and oxygen atoms in total. The molecule has 8 heteroatoms. The van der Waals surface area contributed by atoms with E-state index in [1.54, 1.807) is 0 Å². The number of aromatic nitrogens is 3. The van der Waals surface area contributed by atoms with Crippen LogP contribution in [-0.4, -0.2) is 39.8 Å². The molecule has 1 saturated carbocycles. The highest BCUT2D eigenvalue weighted by molar-refractivity contribution is 8.00. The van der Waals surface area contributed by atoms with Gasteiger partial charge in [-0.2, -0.15) is 0 Å². The maximum Gasteiger partial charge on any atom is 0.238 e. The van der Waals surface area contributed by atoms with E-state index in [0.29, 0.717) is 16.2 Å². The standard InChI is InChI=1S/C23H24ClN5OS/c24-17-9-6-10-19(15-17)29-22(28-13-4-5-14-28)26-27-23(29)31-20(16-7-2-1-3-8-16)21(30)25-18-11-12-18/h1-3,6-10,15,18,20H,4-5,11-14H2,(H,25,30). The van der Waals surface area contributed by atoms with Crippen molar-refractivity contribution in [3.8, 4) is 5.69 Å². The zero-order chi connectivity index (χ0) is 21.2. The Hall–Kier alpha value is -2.51. The first-order valence-corrected chi connectivity index (χ1v) is 11.9. The maximum absolute atomic E-state index is 13.1. The van der Waals surface area contributed by atoms with Crippen LogP contribution in [0.1, 0.15) is 36.5 Å². The molecule has 0 spiro atoms. The Labute approximate surface area is 191 Å². The largest absolute Gasteiger partial charge is 0.352 e. The Bertz CT molecular complexity index is 1060. The number of carbonyl (C=O) groups is 1. The maximum atomic E-state index is 13.1. The lowest BCUT2D eigenvalue weighted by Crippen LogP contribution is -2.30. The Morgan fingerprint density at radius 1 is 1.06 bits per heavy atom. The number of anilines is 1. The summed E-state index contributed by atoms with van der Waals surface area (Å²) in [4.78, 5) is 15.4. The van der Waals surface area contributed by atoms with Gasteiger partial charge in [-0.15, -0.1) is 10.2 Å². The van der Waals surface area contributed by atoms with Crippen molar-refractivity contribution in [2.45, 2.75) is 42.1 Å². The molecule has 1 amide bonds. The van der Waals surface area contributed by atoms with Crippen LogP contribution in [0.4, 0.5) is 5.95 Å². The molecule has 160 valence electrons. The number of hydrogen-bond acceptors (Lipinski definition) is 5. The van der Waals surface area contributed by atoms with Gasteiger partial charge in [0.1, 0.15) is 5.25 Å². The highest BCUT2D eigenvalue weighted by atomic mass is 35.5. The van der Waals surface area contributed by atoms with Crippen molar-refractivity contribution in [1.29, 1.82) is 0 Å². The number of thioether (sulfide) groups is 1. The van der Waals surface area contributed by atoms with Gasteiger partial charge >= 0.3 is 0 Å². The fourth-order valence-corrected chi connectivity index (χ4v) is 5.06. The van der Waals surface area contributed by atoms with Crippen LogP contribution >= 0.6 is 23.4 Å². The summed E-state index contributed by atoms with van der Waals surface area (Å²) in [6.45, 7) is 1.90. The van der Waals surface area contributed by atoms with E-state index in [0.717, 1.165) is 56.0 Å². The zero-order valence-corrected chi connectivity index (χ0v) is 18.6. The van der Waals surface area contributed by atoms with E-state index in [1.807, 2.05) is 59.2 Å². The minimum Gasteiger partial charge on any atom is -0.352 e. The summed E-state index contributed by atoms with van der Waals surface area (Å²) in [7, 11) is 0. The van der Waals surface area contributed by atoms with E-state index in [-0.39, 0.29) is 5.91 Å². The molecule has 1 atom stereocenters. The number of rotatable bonds is 7. The molecule has 2 aromatic carbocycles. The first-order valence-electron chi connectivity index (χ1n) is 10.7. The predicted octanol–water partition coefficient (Wildman–Crippen LogP) is 4.63. The third kappa shape index (κ3) is 4.57. The molecule has 5 rings (SSSR count). The number of amides is 1. The van der Waals surface area contributed by atoms with Crippen molar-refractivity contribution in [2.24, 2.45) is 0 Å². The zero-order valence-electron chi connectivity index (χ0n) is 17.1. The van der Waals surface area contributed by atoms with E-state index in [9.17, 15) is 4.79 Å². The molecule has 1 aliphatic carbocycles. The van der Waals surface area contributed by atoms with E-state index >= 15 is 0 Å². The minimum atomic E-state index is -0.407. The number of hydrogen-bond donors (Lipinski definition) is 1. The second kappa shape index (κ2) is 8.93. The summed E-state index contributed by atoms with van der Waals surface area (Å²) in [6, 6.07) is 17.9. The summed E-state index contributed by atoms with van der Waals surface area (Å²) < 4.78 is 2.03. The Morgan fingerprint density at radius 3 is 2.55 bits per heavy atom. The van der Waals surface area contributed by atoms with Crippen LogP contribution in [0.15, 0.2) is 59.8 Å². The average molecular weight is 454 g/mol. The number of benzene rings is 2. The quantitative estimate of drug-likeness (QED) is 0.528. The van der Waals surface area contributed by atoms with Crippen molar-refractivity contribution >= 4 is 35.2 Å². The minimum absolute atomic E-state index is 0.0158. The molecule has 2 fully saturated rings. The third-order valence-electron chi connectivity index (χ3n) is 5.56. The second-order valence-corrected chi connectivity index (χ2v) is 9.49. The third-order valence-corrected chi connectivity index (χ3v) is 6.99. The lowest BCUT2D eigenvalue weighted by molar-refractivity contribution is -0.120. The number of nitrogens with zero attached hydrogens (tertiary/aromatic N) is 4. The van der Waals surface area contributed by atoms with Gasteiger partial charge in [-0.1, -0.05) is 59.8 Å². The van der Waals surface area contributed by atoms with Crippen molar-refractivity contribution in [3.05, 3.63) is 65.2 Å². The normalized spacial score (nSPS) is 17.0. The lowest BCUT2D eigenvalue weighted by Gasteiger charge is -2.20. The molecular weight excluding hydrogens is 430 g/mol. The van der Waals surface area contributed by atoms with Crippen LogP contribution in [0.5, 0.6) is 0 Å². The van der Waals surface area contributed by atoms with Crippen molar-refractivity contribution in [3.63, 3.8) is 0 Å². The van der Waals surface area contributed by atoms with Crippen LogP contribution in [0, 0.1) is 0 Å². The topological polar surface area (TPSA) is 63.1 Å². The molecule has 1 aromatic heterocycles. The van der Waals surface area contributed by atoms with Gasteiger partial charge in [-0.05, 0) is 49.4 Å². The van der Waals surface area contributed by atoms with Gasteiger partial charge in [-0.3, -0.25) is 9.36 Å². The van der Waals surface area contributed by atoms with Gasteiger partial charge in [0.15, 0.2) is 5.16 Å². The summed E-state index contributed by atoms with van der Waals surface area (Å²) in [5.41, 5.74) is 1.85. The molecular formula is C23H24ClN5OS. The molecule has 3 aromatic rings. The van der Waals surface area contributed by atoms with Gasteiger partial charge in [-0.25, -0.2) is 0 Å². The number of halogens is 1. The van der Waals surface area contributed by atoms with Crippen molar-refractivity contribution in [2.75, 3.05) is 18.0 Å². The second-order valence-electron chi connectivity index (χ2n) is 7.98. The molecule has 1 unspecified atom stereocenters. The lowest BCUT2D eigenvalue weighted by atomic mass is 10.1. The highest BCUT2D eigenvalue weighted by Gasteiger charge is 2.31. The van der Waals surface area contributed by atoms with Crippen molar-refractivity contribution < 1.29 is 4.79 Å². The molecule has 2 heterocycles. The first kappa shape index (κ1) is 20.4. The molecule has 0 bridgehead atoms. The summed E-state index contributed by atoms with van der Waals surface area (Å²) in [5, 5.41) is 13.1. The van der Waals surface area contributed by atoms with Crippen molar-refractivity contribution in [1.82, 2.24) is 20.1 Å². The van der Waals surface area contributed by atoms with E-state index < -0.39 is 5.25 Å². The van der Waals surface area contributed by atoms with Gasteiger partial charge < -0.3 is 10.2 Å². The molecule has 31 heavy (non-hydrogen) atoms. The van der Waals surface area contributed by atoms with E-state index in [2.05, 4.69) is 20.4 Å². The Balaban J connectivity index is 1.54. The fourth-order valence-electron chi connectivity index (χ4n) is 3.81. The average Bonchev–Trinajstić information content (AvgIpc) is 3.26. The van der Waals surface area contributed by atoms with Crippen LogP contribution in [0.3, 0.4) is 0 Å². The van der Waals surface area contributed by atoms with Gasteiger partial charge in [0.25, 0.3) is 0 Å². The Morgan fingerprint density at radius 2 is 1.84 bits per heavy atom. The smallest absolute Gasteiger partial charge is 0.238 e. The first-order chi connectivity index (χ1) is 15.2. The molecule has 0 radical (unpaired) electrons. The predicted molar refractivity (Wildman–Crippen MR) is 124 cm³/mol. The number of carbonyl (C=O) groups excluding carboxylic acids is 1. The summed E-state index contributed by atoms with van der Waals surface area (Å²) in [5.74, 6) is 0.818. The summed E-state index contributed by atoms with van der Waals surface area (Å²) in [6.07, 6.45) is 4.38. The monoisotopic (exact) mass is 453 g/mol. The number of nitrogens with one attached hydrogen (secondary N) is 1. The van der Waals surface area contributed by atoms with Crippen LogP contribution in [0.2, 0.25) is 5.02 Å². The molecule has 2 aliphatic rings. The van der Waals surface area contributed by atoms with Crippen LogP contribution in [-0.2, 0) is 4.79 Å².